The summed E-state index contributed by atoms with van der Waals surface area (Å²) < 4.78 is 17.7. The summed E-state index contributed by atoms with van der Waals surface area (Å²) in [4.78, 5) is 0. The highest BCUT2D eigenvalue weighted by Gasteiger charge is 2.55. The van der Waals surface area contributed by atoms with Gasteiger partial charge in [0.1, 0.15) is 0 Å². The molecule has 3 aliphatic rings. The Morgan fingerprint density at radius 3 is 1.89 bits per heavy atom. The van der Waals surface area contributed by atoms with Gasteiger partial charge in [-0.2, -0.15) is 0 Å². The van der Waals surface area contributed by atoms with Crippen LogP contribution in [0.25, 0.3) is 0 Å². The Kier molecular flexibility index (Phi) is 3.07. The Hall–Kier alpha value is 0.314. The molecule has 2 atom stereocenters. The molecular weight excluding hydrogens is 260 g/mol. The van der Waals surface area contributed by atoms with Gasteiger partial charge in [-0.1, -0.05) is 19.1 Å². The monoisotopic (exact) mass is 286 g/mol. The van der Waals surface area contributed by atoms with E-state index in [1.54, 1.807) is 0 Å². The van der Waals surface area contributed by atoms with Crippen LogP contribution in [0, 0.1) is 0 Å². The predicted octanol–water partition coefficient (Wildman–Crippen LogP) is 2.72. The largest absolute Gasteiger partial charge is 0.414 e. The highest BCUT2D eigenvalue weighted by molar-refractivity contribution is 7.38. The zero-order valence-corrected chi connectivity index (χ0v) is 14.1. The second-order valence-corrected chi connectivity index (χ2v) is 22.7. The van der Waals surface area contributed by atoms with E-state index in [1.807, 2.05) is 0 Å². The molecule has 0 saturated carbocycles. The first-order valence-corrected chi connectivity index (χ1v) is 14.4. The average molecular weight is 287 g/mol. The van der Waals surface area contributed by atoms with Gasteiger partial charge in [0.2, 0.25) is 0 Å². The van der Waals surface area contributed by atoms with Crippen LogP contribution in [0.5, 0.6) is 0 Å². The standard InChI is InChI=1S/C13H26O3Si2/c1-17(2)6-5-13(7-11-9-14-11,8-12-10-15-12)16-18(17,3)4/h11-12H,5-10H2,1-4H3. The molecule has 3 fully saturated rings. The summed E-state index contributed by atoms with van der Waals surface area (Å²) in [5, 5.41) is 0. The summed E-state index contributed by atoms with van der Waals surface area (Å²) >= 11 is 0. The fourth-order valence-corrected chi connectivity index (χ4v) is 10.1. The first-order valence-electron chi connectivity index (χ1n) is 7.25. The topological polar surface area (TPSA) is 34.3 Å². The van der Waals surface area contributed by atoms with Gasteiger partial charge in [-0.15, -0.1) is 0 Å². The Morgan fingerprint density at radius 1 is 1.00 bits per heavy atom. The van der Waals surface area contributed by atoms with Crippen LogP contribution >= 0.6 is 0 Å². The molecule has 0 spiro atoms. The summed E-state index contributed by atoms with van der Waals surface area (Å²) in [6.07, 6.45) is 4.39. The molecule has 18 heavy (non-hydrogen) atoms. The molecule has 0 aromatic rings. The minimum atomic E-state index is -1.50. The fourth-order valence-electron chi connectivity index (χ4n) is 3.14. The van der Waals surface area contributed by atoms with Crippen LogP contribution < -0.4 is 0 Å². The summed E-state index contributed by atoms with van der Waals surface area (Å²) in [7, 11) is -2.64. The highest BCUT2D eigenvalue weighted by Crippen LogP contribution is 2.46. The lowest BCUT2D eigenvalue weighted by atomic mass is 9.89. The predicted molar refractivity (Wildman–Crippen MR) is 76.9 cm³/mol. The smallest absolute Gasteiger partial charge is 0.174 e. The second-order valence-electron chi connectivity index (χ2n) is 7.50. The zero-order valence-electron chi connectivity index (χ0n) is 12.1. The third kappa shape index (κ3) is 2.61. The highest BCUT2D eigenvalue weighted by atomic mass is 29.3. The molecule has 0 amide bonds. The van der Waals surface area contributed by atoms with Gasteiger partial charge in [-0.3, -0.25) is 0 Å². The van der Waals surface area contributed by atoms with Crippen LogP contribution in [0.1, 0.15) is 19.3 Å². The third-order valence-corrected chi connectivity index (χ3v) is 21.8. The van der Waals surface area contributed by atoms with E-state index in [9.17, 15) is 0 Å². The molecule has 104 valence electrons. The van der Waals surface area contributed by atoms with Crippen molar-refractivity contribution in [3.8, 4) is 0 Å². The SMILES string of the molecule is C[Si]1(C)CCC(CC2CO2)(CC2CO2)O[Si]1(C)C. The van der Waals surface area contributed by atoms with Crippen molar-refractivity contribution in [3.63, 3.8) is 0 Å². The van der Waals surface area contributed by atoms with Crippen LogP contribution in [0.3, 0.4) is 0 Å². The van der Waals surface area contributed by atoms with Crippen LogP contribution in [0.15, 0.2) is 0 Å². The lowest BCUT2D eigenvalue weighted by Crippen LogP contribution is -2.65. The quantitative estimate of drug-likeness (QED) is 0.589. The lowest BCUT2D eigenvalue weighted by Gasteiger charge is -2.52. The maximum Gasteiger partial charge on any atom is 0.174 e. The summed E-state index contributed by atoms with van der Waals surface area (Å²) in [6, 6.07) is 1.42. The molecule has 3 heterocycles. The summed E-state index contributed by atoms with van der Waals surface area (Å²) in [5.41, 5.74) is 0.0839. The first-order chi connectivity index (χ1) is 8.32. The normalized spacial score (nSPS) is 44.7. The Morgan fingerprint density at radius 2 is 1.50 bits per heavy atom. The molecule has 3 saturated heterocycles. The van der Waals surface area contributed by atoms with Crippen molar-refractivity contribution in [3.05, 3.63) is 0 Å². The molecule has 2 unspecified atom stereocenters. The van der Waals surface area contributed by atoms with Crippen molar-refractivity contribution in [2.24, 2.45) is 0 Å². The molecule has 0 radical (unpaired) electrons. The van der Waals surface area contributed by atoms with E-state index >= 15 is 0 Å². The van der Waals surface area contributed by atoms with E-state index in [4.69, 9.17) is 13.9 Å². The molecular formula is C13H26O3Si2. The molecule has 0 aromatic heterocycles. The fraction of sp³-hybridized carbons (Fsp3) is 1.00. The summed E-state index contributed by atoms with van der Waals surface area (Å²) in [6.45, 7) is 11.8. The van der Waals surface area contributed by atoms with Gasteiger partial charge >= 0.3 is 0 Å². The minimum Gasteiger partial charge on any atom is -0.414 e. The molecule has 3 aliphatic heterocycles. The van der Waals surface area contributed by atoms with Crippen LogP contribution in [-0.2, 0) is 13.9 Å². The average Bonchev–Trinajstić information content (AvgIpc) is 3.09. The number of epoxide rings is 2. The first kappa shape index (κ1) is 13.3. The van der Waals surface area contributed by atoms with Crippen molar-refractivity contribution in [1.29, 1.82) is 0 Å². The van der Waals surface area contributed by atoms with Crippen LogP contribution in [-0.4, -0.2) is 46.4 Å². The van der Waals surface area contributed by atoms with Crippen molar-refractivity contribution in [2.45, 2.75) is 69.3 Å². The Labute approximate surface area is 112 Å². The van der Waals surface area contributed by atoms with E-state index in [2.05, 4.69) is 26.2 Å². The van der Waals surface area contributed by atoms with Crippen molar-refractivity contribution < 1.29 is 13.9 Å². The van der Waals surface area contributed by atoms with Gasteiger partial charge < -0.3 is 13.9 Å². The second kappa shape index (κ2) is 4.15. The summed E-state index contributed by atoms with van der Waals surface area (Å²) in [5.74, 6) is 0. The van der Waals surface area contributed by atoms with Gasteiger partial charge in [0.15, 0.2) is 7.83 Å². The third-order valence-electron chi connectivity index (χ3n) is 5.31. The molecule has 0 aromatic carbocycles. The maximum absolute atomic E-state index is 6.82. The van der Waals surface area contributed by atoms with Crippen molar-refractivity contribution in [2.75, 3.05) is 13.2 Å². The van der Waals surface area contributed by atoms with E-state index < -0.39 is 15.4 Å². The maximum atomic E-state index is 6.82. The van der Waals surface area contributed by atoms with E-state index in [0.29, 0.717) is 12.2 Å². The molecule has 3 nitrogen and oxygen atoms in total. The van der Waals surface area contributed by atoms with E-state index in [0.717, 1.165) is 26.1 Å². The molecule has 0 bridgehead atoms. The Bertz CT molecular complexity index is 321. The van der Waals surface area contributed by atoms with Gasteiger partial charge in [0.05, 0.1) is 38.6 Å². The van der Waals surface area contributed by atoms with Gasteiger partial charge in [0, 0.05) is 12.8 Å². The lowest BCUT2D eigenvalue weighted by molar-refractivity contribution is 0.0211. The van der Waals surface area contributed by atoms with Crippen molar-refractivity contribution >= 4 is 15.4 Å². The Balaban J connectivity index is 1.76. The van der Waals surface area contributed by atoms with Crippen LogP contribution in [0.2, 0.25) is 32.2 Å². The number of hydrogen-bond acceptors (Lipinski definition) is 3. The van der Waals surface area contributed by atoms with E-state index in [1.165, 1.54) is 12.5 Å². The number of hydrogen-bond donors (Lipinski definition) is 0. The van der Waals surface area contributed by atoms with Gasteiger partial charge in [-0.05, 0) is 19.5 Å². The molecule has 5 heteroatoms. The number of ether oxygens (including phenoxy) is 2. The molecule has 3 rings (SSSR count). The van der Waals surface area contributed by atoms with Crippen LogP contribution in [0.4, 0.5) is 0 Å². The number of rotatable bonds is 4. The van der Waals surface area contributed by atoms with Crippen molar-refractivity contribution in [1.82, 2.24) is 0 Å². The van der Waals surface area contributed by atoms with Gasteiger partial charge in [0.25, 0.3) is 0 Å². The zero-order chi connectivity index (χ0) is 13.0. The van der Waals surface area contributed by atoms with E-state index in [-0.39, 0.29) is 5.60 Å². The minimum absolute atomic E-state index is 0.0839. The van der Waals surface area contributed by atoms with Gasteiger partial charge in [-0.25, -0.2) is 0 Å². The molecule has 0 N–H and O–H groups in total. The molecule has 0 aliphatic carbocycles.